The van der Waals surface area contributed by atoms with Crippen LogP contribution in [0.1, 0.15) is 21.1 Å². The summed E-state index contributed by atoms with van der Waals surface area (Å²) in [5, 5.41) is 10.00. The molecule has 7 nitrogen and oxygen atoms in total. The molecule has 0 radical (unpaired) electrons. The zero-order valence-electron chi connectivity index (χ0n) is 9.71. The van der Waals surface area contributed by atoms with Gasteiger partial charge in [0.15, 0.2) is 5.13 Å². The standard InChI is InChI=1S/C10H11N5O2S/c1-15-3-2-6-8(5-15)18-10(12-6)13-9(16)7-4-11-14-17-7/h4H,2-3,5H2,1H3,(H,12,13,16). The predicted molar refractivity (Wildman–Crippen MR) is 64.4 cm³/mol. The maximum Gasteiger partial charge on any atom is 0.297 e. The van der Waals surface area contributed by atoms with Crippen molar-refractivity contribution in [3.63, 3.8) is 0 Å². The molecular weight excluding hydrogens is 254 g/mol. The molecule has 8 heteroatoms. The monoisotopic (exact) mass is 265 g/mol. The molecule has 1 aliphatic heterocycles. The van der Waals surface area contributed by atoms with Gasteiger partial charge in [0.25, 0.3) is 5.91 Å². The highest BCUT2D eigenvalue weighted by Gasteiger charge is 2.20. The molecule has 1 amide bonds. The zero-order chi connectivity index (χ0) is 12.5. The molecule has 3 heterocycles. The van der Waals surface area contributed by atoms with Crippen LogP contribution in [0.15, 0.2) is 10.7 Å². The summed E-state index contributed by atoms with van der Waals surface area (Å²) in [6, 6.07) is 0. The number of likely N-dealkylation sites (N-methyl/N-ethyl adjacent to an activating group) is 1. The quantitative estimate of drug-likeness (QED) is 0.863. The Bertz CT molecular complexity index is 565. The Kier molecular flexibility index (Phi) is 2.80. The number of rotatable bonds is 2. The van der Waals surface area contributed by atoms with Crippen molar-refractivity contribution in [3.05, 3.63) is 22.5 Å². The first kappa shape index (κ1) is 11.3. The number of thiazole rings is 1. The van der Waals surface area contributed by atoms with E-state index in [4.69, 9.17) is 0 Å². The van der Waals surface area contributed by atoms with Crippen LogP contribution in [-0.4, -0.2) is 39.8 Å². The lowest BCUT2D eigenvalue weighted by atomic mass is 10.2. The maximum atomic E-state index is 11.7. The third-order valence-electron chi connectivity index (χ3n) is 2.73. The van der Waals surface area contributed by atoms with Crippen molar-refractivity contribution in [3.8, 4) is 0 Å². The van der Waals surface area contributed by atoms with Crippen LogP contribution in [0.5, 0.6) is 0 Å². The van der Waals surface area contributed by atoms with Crippen molar-refractivity contribution in [2.45, 2.75) is 13.0 Å². The largest absolute Gasteiger partial charge is 0.332 e. The number of anilines is 1. The number of hydrogen-bond donors (Lipinski definition) is 1. The first-order valence-electron chi connectivity index (χ1n) is 5.48. The third kappa shape index (κ3) is 2.12. The summed E-state index contributed by atoms with van der Waals surface area (Å²) in [5.74, 6) is -0.292. The minimum absolute atomic E-state index is 0.0836. The van der Waals surface area contributed by atoms with E-state index in [2.05, 4.69) is 37.1 Å². The van der Waals surface area contributed by atoms with E-state index in [9.17, 15) is 4.79 Å². The molecule has 18 heavy (non-hydrogen) atoms. The van der Waals surface area contributed by atoms with Crippen molar-refractivity contribution in [1.29, 1.82) is 0 Å². The molecule has 2 aromatic rings. The van der Waals surface area contributed by atoms with Crippen molar-refractivity contribution in [2.24, 2.45) is 0 Å². The first-order valence-corrected chi connectivity index (χ1v) is 6.30. The van der Waals surface area contributed by atoms with Gasteiger partial charge in [0.1, 0.15) is 6.20 Å². The van der Waals surface area contributed by atoms with Gasteiger partial charge in [0.05, 0.1) is 5.69 Å². The smallest absolute Gasteiger partial charge is 0.297 e. The number of fused-ring (bicyclic) bond motifs is 1. The van der Waals surface area contributed by atoms with Gasteiger partial charge in [-0.3, -0.25) is 10.1 Å². The molecule has 0 saturated carbocycles. The van der Waals surface area contributed by atoms with E-state index in [1.165, 1.54) is 22.4 Å². The Morgan fingerprint density at radius 3 is 3.28 bits per heavy atom. The Morgan fingerprint density at radius 1 is 1.61 bits per heavy atom. The molecule has 0 aliphatic carbocycles. The Labute approximate surface area is 107 Å². The third-order valence-corrected chi connectivity index (χ3v) is 3.73. The second kappa shape index (κ2) is 4.46. The summed E-state index contributed by atoms with van der Waals surface area (Å²) in [6.45, 7) is 1.88. The van der Waals surface area contributed by atoms with E-state index in [0.717, 1.165) is 25.2 Å². The molecular formula is C10H11N5O2S. The van der Waals surface area contributed by atoms with E-state index >= 15 is 0 Å². The van der Waals surface area contributed by atoms with Crippen LogP contribution < -0.4 is 5.32 Å². The van der Waals surface area contributed by atoms with E-state index in [1.54, 1.807) is 0 Å². The number of carbonyl (C=O) groups is 1. The van der Waals surface area contributed by atoms with Crippen LogP contribution in [-0.2, 0) is 13.0 Å². The van der Waals surface area contributed by atoms with Gasteiger partial charge in [-0.2, -0.15) is 0 Å². The van der Waals surface area contributed by atoms with Gasteiger partial charge in [0.2, 0.25) is 5.76 Å². The van der Waals surface area contributed by atoms with Gasteiger partial charge in [-0.1, -0.05) is 0 Å². The average molecular weight is 265 g/mol. The molecule has 0 unspecified atom stereocenters. The number of amides is 1. The molecule has 0 bridgehead atoms. The first-order chi connectivity index (χ1) is 8.72. The van der Waals surface area contributed by atoms with Crippen LogP contribution in [0.4, 0.5) is 5.13 Å². The molecule has 0 spiro atoms. The molecule has 3 rings (SSSR count). The van der Waals surface area contributed by atoms with Gasteiger partial charge < -0.3 is 9.42 Å². The number of nitrogens with one attached hydrogen (secondary N) is 1. The normalized spacial score (nSPS) is 15.4. The minimum atomic E-state index is -0.376. The molecule has 94 valence electrons. The fraction of sp³-hybridized carbons (Fsp3) is 0.400. The lowest BCUT2D eigenvalue weighted by Crippen LogP contribution is -2.25. The van der Waals surface area contributed by atoms with Gasteiger partial charge in [0, 0.05) is 29.7 Å². The van der Waals surface area contributed by atoms with Gasteiger partial charge in [-0.15, -0.1) is 16.4 Å². The van der Waals surface area contributed by atoms with E-state index in [1.807, 2.05) is 0 Å². The minimum Gasteiger partial charge on any atom is -0.332 e. The summed E-state index contributed by atoms with van der Waals surface area (Å²) in [5.41, 5.74) is 1.07. The van der Waals surface area contributed by atoms with Crippen molar-refractivity contribution < 1.29 is 9.32 Å². The fourth-order valence-electron chi connectivity index (χ4n) is 1.80. The van der Waals surface area contributed by atoms with Gasteiger partial charge in [-0.25, -0.2) is 4.98 Å². The topological polar surface area (TPSA) is 84.2 Å². The highest BCUT2D eigenvalue weighted by atomic mass is 32.1. The summed E-state index contributed by atoms with van der Waals surface area (Å²) in [6.07, 6.45) is 2.19. The van der Waals surface area contributed by atoms with E-state index in [0.29, 0.717) is 5.13 Å². The van der Waals surface area contributed by atoms with Crippen molar-refractivity contribution >= 4 is 22.4 Å². The number of nitrogens with zero attached hydrogens (tertiary/aromatic N) is 4. The van der Waals surface area contributed by atoms with E-state index in [-0.39, 0.29) is 11.7 Å². The maximum absolute atomic E-state index is 11.7. The Morgan fingerprint density at radius 2 is 2.50 bits per heavy atom. The molecule has 1 N–H and O–H groups in total. The fourth-order valence-corrected chi connectivity index (χ4v) is 2.89. The lowest BCUT2D eigenvalue weighted by molar-refractivity contribution is 0.0987. The predicted octanol–water partition coefficient (Wildman–Crippen LogP) is 0.766. The summed E-state index contributed by atoms with van der Waals surface area (Å²) in [4.78, 5) is 19.6. The second-order valence-electron chi connectivity index (χ2n) is 4.11. The Balaban J connectivity index is 1.76. The van der Waals surface area contributed by atoms with Crippen LogP contribution in [0.25, 0.3) is 0 Å². The van der Waals surface area contributed by atoms with Crippen LogP contribution in [0.2, 0.25) is 0 Å². The van der Waals surface area contributed by atoms with E-state index < -0.39 is 0 Å². The number of aromatic nitrogens is 3. The van der Waals surface area contributed by atoms with Gasteiger partial charge >= 0.3 is 0 Å². The number of hydrogen-bond acceptors (Lipinski definition) is 7. The molecule has 1 aliphatic rings. The summed E-state index contributed by atoms with van der Waals surface area (Å²) >= 11 is 1.50. The molecule has 0 fully saturated rings. The highest BCUT2D eigenvalue weighted by molar-refractivity contribution is 7.15. The van der Waals surface area contributed by atoms with Crippen molar-refractivity contribution in [2.75, 3.05) is 18.9 Å². The molecule has 2 aromatic heterocycles. The zero-order valence-corrected chi connectivity index (χ0v) is 10.5. The molecule has 0 aromatic carbocycles. The molecule has 0 saturated heterocycles. The number of carbonyl (C=O) groups excluding carboxylic acids is 1. The van der Waals surface area contributed by atoms with Crippen LogP contribution >= 0.6 is 11.3 Å². The lowest BCUT2D eigenvalue weighted by Gasteiger charge is -2.20. The molecule has 0 atom stereocenters. The SMILES string of the molecule is CN1CCc2nc(NC(=O)c3cnno3)sc2C1. The second-order valence-corrected chi connectivity index (χ2v) is 5.20. The van der Waals surface area contributed by atoms with Crippen molar-refractivity contribution in [1.82, 2.24) is 20.3 Å². The summed E-state index contributed by atoms with van der Waals surface area (Å²) < 4.78 is 4.68. The van der Waals surface area contributed by atoms with Crippen LogP contribution in [0.3, 0.4) is 0 Å². The Hall–Kier alpha value is -1.80. The van der Waals surface area contributed by atoms with Crippen LogP contribution in [0, 0.1) is 0 Å². The summed E-state index contributed by atoms with van der Waals surface area (Å²) in [7, 11) is 2.07. The van der Waals surface area contributed by atoms with Gasteiger partial charge in [-0.05, 0) is 7.05 Å². The average Bonchev–Trinajstić information content (AvgIpc) is 2.95. The highest BCUT2D eigenvalue weighted by Crippen LogP contribution is 2.27.